The summed E-state index contributed by atoms with van der Waals surface area (Å²) in [6, 6.07) is 10.7. The average Bonchev–Trinajstić information content (AvgIpc) is 3.11. The van der Waals surface area contributed by atoms with Crippen LogP contribution in [-0.2, 0) is 0 Å². The van der Waals surface area contributed by atoms with Crippen molar-refractivity contribution in [1.29, 1.82) is 0 Å². The molecule has 4 N–H and O–H groups in total. The quantitative estimate of drug-likeness (QED) is 0.630. The number of hydrogen-bond donors (Lipinski definition) is 3. The lowest BCUT2D eigenvalue weighted by Gasteiger charge is -2.50. The minimum absolute atomic E-state index is 0.174. The van der Waals surface area contributed by atoms with E-state index in [1.54, 1.807) is 6.07 Å². The van der Waals surface area contributed by atoms with Crippen molar-refractivity contribution in [3.8, 4) is 17.2 Å². The highest BCUT2D eigenvalue weighted by atomic mass is 35.5. The van der Waals surface area contributed by atoms with E-state index in [2.05, 4.69) is 5.32 Å². The number of aliphatic hydroxyl groups is 1. The predicted octanol–water partition coefficient (Wildman–Crippen LogP) is 2.98. The number of benzene rings is 2. The Labute approximate surface area is 192 Å². The Morgan fingerprint density at radius 2 is 1.91 bits per heavy atom. The summed E-state index contributed by atoms with van der Waals surface area (Å²) >= 11 is 6.52. The summed E-state index contributed by atoms with van der Waals surface area (Å²) in [5, 5.41) is 15.2. The number of nitrogens with one attached hydrogen (secondary N) is 1. The molecule has 2 aromatic carbocycles. The summed E-state index contributed by atoms with van der Waals surface area (Å²) in [6.07, 6.45) is -0.700. The van der Waals surface area contributed by atoms with Crippen LogP contribution in [0.4, 0.5) is 0 Å². The largest absolute Gasteiger partial charge is 0.496 e. The van der Waals surface area contributed by atoms with E-state index in [4.69, 9.17) is 31.5 Å². The maximum atomic E-state index is 13.9. The molecule has 0 aromatic heterocycles. The second-order valence-corrected chi connectivity index (χ2v) is 8.90. The van der Waals surface area contributed by atoms with Crippen LogP contribution in [0, 0.1) is 11.8 Å². The third-order valence-electron chi connectivity index (χ3n) is 6.95. The molecule has 0 bridgehead atoms. The minimum Gasteiger partial charge on any atom is -0.496 e. The molecule has 6 atom stereocenters. The Balaban J connectivity index is 1.83. The van der Waals surface area contributed by atoms with Crippen LogP contribution < -0.4 is 25.3 Å². The fourth-order valence-electron chi connectivity index (χ4n) is 5.36. The highest BCUT2D eigenvalue weighted by Gasteiger charge is 2.64. The van der Waals surface area contributed by atoms with Gasteiger partial charge in [-0.3, -0.25) is 4.79 Å². The Bertz CT molecular complexity index is 1020. The molecular formula is C24H29ClN2O5. The molecule has 2 aliphatic rings. The van der Waals surface area contributed by atoms with E-state index in [1.165, 1.54) is 14.2 Å². The molecule has 7 nitrogen and oxygen atoms in total. The summed E-state index contributed by atoms with van der Waals surface area (Å²) in [4.78, 5) is 13.9. The first-order valence-electron chi connectivity index (χ1n) is 10.7. The number of aliphatic hydroxyl groups excluding tert-OH is 1. The third kappa shape index (κ3) is 3.18. The lowest BCUT2D eigenvalue weighted by molar-refractivity contribution is -0.118. The molecule has 172 valence electrons. The van der Waals surface area contributed by atoms with Crippen LogP contribution >= 0.6 is 11.6 Å². The normalized spacial score (nSPS) is 30.0. The Morgan fingerprint density at radius 1 is 1.25 bits per heavy atom. The second kappa shape index (κ2) is 8.56. The number of ether oxygens (including phenoxy) is 3. The van der Waals surface area contributed by atoms with E-state index in [-0.39, 0.29) is 40.1 Å². The summed E-state index contributed by atoms with van der Waals surface area (Å²) in [7, 11) is 4.76. The van der Waals surface area contributed by atoms with Crippen molar-refractivity contribution < 1.29 is 24.1 Å². The van der Waals surface area contributed by atoms with Gasteiger partial charge in [-0.1, -0.05) is 48.9 Å². The van der Waals surface area contributed by atoms with Gasteiger partial charge in [-0.05, 0) is 19.0 Å². The molecule has 4 rings (SSSR count). The van der Waals surface area contributed by atoms with Crippen LogP contribution in [0.2, 0.25) is 5.02 Å². The maximum absolute atomic E-state index is 13.9. The molecule has 1 fully saturated rings. The lowest BCUT2D eigenvalue weighted by atomic mass is 9.62. The van der Waals surface area contributed by atoms with Crippen molar-refractivity contribution in [3.63, 3.8) is 0 Å². The van der Waals surface area contributed by atoms with Gasteiger partial charge in [0.2, 0.25) is 11.4 Å². The monoisotopic (exact) mass is 460 g/mol. The molecule has 1 heterocycles. The second-order valence-electron chi connectivity index (χ2n) is 8.52. The van der Waals surface area contributed by atoms with Gasteiger partial charge in [0.25, 0.3) is 0 Å². The SMILES string of the molecule is CNC(c1ccccc1)C1C(N)C[C@@H](C)[C@]2(Oc3c(Cl)c(OC)cc(OC)c3C2=O)C1O. The first-order valence-corrected chi connectivity index (χ1v) is 11.0. The zero-order chi connectivity index (χ0) is 23.2. The molecule has 0 amide bonds. The van der Waals surface area contributed by atoms with Gasteiger partial charge in [0.15, 0.2) is 5.75 Å². The molecule has 1 aliphatic heterocycles. The van der Waals surface area contributed by atoms with E-state index in [0.717, 1.165) is 5.56 Å². The summed E-state index contributed by atoms with van der Waals surface area (Å²) in [5.74, 6) is -0.396. The molecule has 2 aromatic rings. The number of carbonyl (C=O) groups excluding carboxylic acids is 1. The van der Waals surface area contributed by atoms with Crippen LogP contribution in [0.3, 0.4) is 0 Å². The number of halogens is 1. The molecule has 4 unspecified atom stereocenters. The number of Topliss-reactive ketones (excluding diaryl/α,β-unsaturated/α-hetero) is 1. The first-order chi connectivity index (χ1) is 15.3. The molecule has 1 spiro atoms. The number of fused-ring (bicyclic) bond motifs is 1. The van der Waals surface area contributed by atoms with E-state index < -0.39 is 17.6 Å². The fourth-order valence-corrected chi connectivity index (χ4v) is 5.63. The van der Waals surface area contributed by atoms with E-state index in [1.807, 2.05) is 44.3 Å². The summed E-state index contributed by atoms with van der Waals surface area (Å²) < 4.78 is 17.1. The van der Waals surface area contributed by atoms with Crippen molar-refractivity contribution >= 4 is 17.4 Å². The van der Waals surface area contributed by atoms with Gasteiger partial charge >= 0.3 is 0 Å². The van der Waals surface area contributed by atoms with Crippen LogP contribution in [0.15, 0.2) is 36.4 Å². The van der Waals surface area contributed by atoms with Crippen LogP contribution in [0.25, 0.3) is 0 Å². The molecule has 32 heavy (non-hydrogen) atoms. The van der Waals surface area contributed by atoms with Gasteiger partial charge < -0.3 is 30.4 Å². The molecule has 0 saturated heterocycles. The maximum Gasteiger partial charge on any atom is 0.216 e. The predicted molar refractivity (Wildman–Crippen MR) is 122 cm³/mol. The van der Waals surface area contributed by atoms with Crippen molar-refractivity contribution in [3.05, 3.63) is 52.5 Å². The van der Waals surface area contributed by atoms with Crippen molar-refractivity contribution in [2.75, 3.05) is 21.3 Å². The van der Waals surface area contributed by atoms with Gasteiger partial charge in [0, 0.05) is 30.0 Å². The molecule has 0 radical (unpaired) electrons. The highest BCUT2D eigenvalue weighted by molar-refractivity contribution is 6.35. The molecule has 1 aliphatic carbocycles. The summed E-state index contributed by atoms with van der Waals surface area (Å²) in [5.41, 5.74) is 6.23. The number of rotatable bonds is 5. The topological polar surface area (TPSA) is 103 Å². The van der Waals surface area contributed by atoms with Crippen molar-refractivity contribution in [1.82, 2.24) is 5.32 Å². The van der Waals surface area contributed by atoms with Gasteiger partial charge in [0.1, 0.15) is 28.2 Å². The van der Waals surface area contributed by atoms with Crippen LogP contribution in [0.5, 0.6) is 17.2 Å². The van der Waals surface area contributed by atoms with Crippen LogP contribution in [-0.4, -0.2) is 49.9 Å². The van der Waals surface area contributed by atoms with Gasteiger partial charge in [0.05, 0.1) is 14.2 Å². The number of methoxy groups -OCH3 is 2. The minimum atomic E-state index is -1.53. The Kier molecular flexibility index (Phi) is 6.11. The first kappa shape index (κ1) is 22.9. The zero-order valence-electron chi connectivity index (χ0n) is 18.6. The number of ketones is 1. The highest BCUT2D eigenvalue weighted by Crippen LogP contribution is 2.55. The lowest BCUT2D eigenvalue weighted by Crippen LogP contribution is -2.67. The summed E-state index contributed by atoms with van der Waals surface area (Å²) in [6.45, 7) is 1.87. The van der Waals surface area contributed by atoms with Crippen LogP contribution in [0.1, 0.15) is 35.3 Å². The standard InChI is InChI=1S/C24H29ClN2O5/c1-12-10-14(26)17(20(27-2)13-8-6-5-7-9-13)22(28)24(12)23(29)18-15(30-3)11-16(31-4)19(25)21(18)32-24/h5-9,11-12,14,17,20,22,27-28H,10,26H2,1-4H3/t12-,14?,17?,20?,22?,24+/m1/s1. The average molecular weight is 461 g/mol. The molecule has 8 heteroatoms. The van der Waals surface area contributed by atoms with E-state index >= 15 is 0 Å². The number of nitrogens with two attached hydrogens (primary N) is 1. The zero-order valence-corrected chi connectivity index (χ0v) is 19.3. The van der Waals surface area contributed by atoms with Gasteiger partial charge in [-0.25, -0.2) is 0 Å². The number of carbonyl (C=O) groups is 1. The van der Waals surface area contributed by atoms with E-state index in [0.29, 0.717) is 17.9 Å². The smallest absolute Gasteiger partial charge is 0.216 e. The Morgan fingerprint density at radius 3 is 2.50 bits per heavy atom. The fraction of sp³-hybridized carbons (Fsp3) is 0.458. The Hall–Kier alpha value is -2.32. The molecular weight excluding hydrogens is 432 g/mol. The molecule has 1 saturated carbocycles. The van der Waals surface area contributed by atoms with Gasteiger partial charge in [-0.2, -0.15) is 0 Å². The third-order valence-corrected chi connectivity index (χ3v) is 7.31. The van der Waals surface area contributed by atoms with Crippen molar-refractivity contribution in [2.24, 2.45) is 17.6 Å². The number of hydrogen-bond acceptors (Lipinski definition) is 7. The van der Waals surface area contributed by atoms with Crippen molar-refractivity contribution in [2.45, 2.75) is 37.1 Å². The van der Waals surface area contributed by atoms with Gasteiger partial charge in [-0.15, -0.1) is 0 Å². The van der Waals surface area contributed by atoms with E-state index in [9.17, 15) is 9.90 Å².